The molecule has 1 fully saturated rings. The van der Waals surface area contributed by atoms with Crippen molar-refractivity contribution in [2.75, 3.05) is 13.1 Å². The molecule has 1 aliphatic heterocycles. The number of aryl methyl sites for hydroxylation is 1. The predicted molar refractivity (Wildman–Crippen MR) is 65.6 cm³/mol. The molecule has 0 spiro atoms. The number of nitrogens with one attached hydrogen (secondary N) is 1. The summed E-state index contributed by atoms with van der Waals surface area (Å²) >= 11 is 0. The Hall–Kier alpha value is -1.09. The van der Waals surface area contributed by atoms with Crippen molar-refractivity contribution in [1.29, 1.82) is 0 Å². The number of aromatic amines is 1. The van der Waals surface area contributed by atoms with Crippen molar-refractivity contribution in [2.45, 2.75) is 39.2 Å². The van der Waals surface area contributed by atoms with Crippen molar-refractivity contribution in [3.05, 3.63) is 33.7 Å². The smallest absolute Gasteiger partial charge is 0.248 e. The van der Waals surface area contributed by atoms with Gasteiger partial charge in [0.15, 0.2) is 0 Å². The van der Waals surface area contributed by atoms with Gasteiger partial charge in [-0.3, -0.25) is 9.69 Å². The van der Waals surface area contributed by atoms with Gasteiger partial charge in [-0.05, 0) is 38.4 Å². The first-order valence-corrected chi connectivity index (χ1v) is 6.16. The normalized spacial score (nSPS) is 22.2. The van der Waals surface area contributed by atoms with E-state index in [9.17, 15) is 4.79 Å². The second-order valence-corrected chi connectivity index (χ2v) is 4.54. The fourth-order valence-corrected chi connectivity index (χ4v) is 2.67. The molecule has 3 nitrogen and oxygen atoms in total. The zero-order valence-electron chi connectivity index (χ0n) is 10.1. The zero-order chi connectivity index (χ0) is 11.5. The van der Waals surface area contributed by atoms with E-state index in [0.29, 0.717) is 6.04 Å². The second kappa shape index (κ2) is 4.83. The van der Waals surface area contributed by atoms with Gasteiger partial charge < -0.3 is 4.98 Å². The summed E-state index contributed by atoms with van der Waals surface area (Å²) < 4.78 is 0. The number of pyridine rings is 1. The molecule has 0 aromatic carbocycles. The molecule has 1 aliphatic rings. The van der Waals surface area contributed by atoms with Gasteiger partial charge in [-0.2, -0.15) is 0 Å². The third-order valence-corrected chi connectivity index (χ3v) is 3.54. The maximum Gasteiger partial charge on any atom is 0.248 e. The average Bonchev–Trinajstić information content (AvgIpc) is 2.29. The molecule has 16 heavy (non-hydrogen) atoms. The van der Waals surface area contributed by atoms with Crippen molar-refractivity contribution in [3.8, 4) is 0 Å². The lowest BCUT2D eigenvalue weighted by atomic mass is 9.94. The average molecular weight is 220 g/mol. The molecule has 2 rings (SSSR count). The van der Waals surface area contributed by atoms with Gasteiger partial charge in [0, 0.05) is 17.8 Å². The van der Waals surface area contributed by atoms with Gasteiger partial charge in [-0.15, -0.1) is 0 Å². The first kappa shape index (κ1) is 11.4. The van der Waals surface area contributed by atoms with Gasteiger partial charge in [-0.25, -0.2) is 0 Å². The minimum absolute atomic E-state index is 0.0000999. The molecule has 0 aliphatic carbocycles. The van der Waals surface area contributed by atoms with Gasteiger partial charge in [-0.1, -0.05) is 19.4 Å². The Morgan fingerprint density at radius 1 is 1.44 bits per heavy atom. The maximum atomic E-state index is 11.2. The van der Waals surface area contributed by atoms with Crippen LogP contribution in [0.15, 0.2) is 16.9 Å². The highest BCUT2D eigenvalue weighted by Gasteiger charge is 2.23. The van der Waals surface area contributed by atoms with E-state index in [-0.39, 0.29) is 5.56 Å². The number of piperidine rings is 1. The summed E-state index contributed by atoms with van der Waals surface area (Å²) in [5.74, 6) is 0. The molecule has 1 atom stereocenters. The largest absolute Gasteiger partial charge is 0.326 e. The van der Waals surface area contributed by atoms with E-state index in [1.54, 1.807) is 6.07 Å². The van der Waals surface area contributed by atoms with Gasteiger partial charge in [0.25, 0.3) is 0 Å². The fourth-order valence-electron chi connectivity index (χ4n) is 2.67. The van der Waals surface area contributed by atoms with Crippen molar-refractivity contribution >= 4 is 0 Å². The van der Waals surface area contributed by atoms with Crippen LogP contribution in [0, 0.1) is 6.92 Å². The number of hydrogen-bond donors (Lipinski definition) is 1. The number of H-pyrrole nitrogens is 1. The van der Waals surface area contributed by atoms with Crippen molar-refractivity contribution in [1.82, 2.24) is 9.88 Å². The van der Waals surface area contributed by atoms with Gasteiger partial charge >= 0.3 is 0 Å². The van der Waals surface area contributed by atoms with Gasteiger partial charge in [0.2, 0.25) is 5.56 Å². The first-order valence-electron chi connectivity index (χ1n) is 6.16. The van der Waals surface area contributed by atoms with E-state index in [4.69, 9.17) is 0 Å². The third kappa shape index (κ3) is 2.19. The monoisotopic (exact) mass is 220 g/mol. The van der Waals surface area contributed by atoms with E-state index < -0.39 is 0 Å². The summed E-state index contributed by atoms with van der Waals surface area (Å²) in [6.07, 6.45) is 3.80. The Bertz CT molecular complexity index is 411. The van der Waals surface area contributed by atoms with E-state index in [0.717, 1.165) is 12.2 Å². The van der Waals surface area contributed by atoms with Crippen LogP contribution < -0.4 is 5.56 Å². The molecule has 1 N–H and O–H groups in total. The lowest BCUT2D eigenvalue weighted by molar-refractivity contribution is 0.156. The lowest BCUT2D eigenvalue weighted by Gasteiger charge is -2.35. The quantitative estimate of drug-likeness (QED) is 0.829. The highest BCUT2D eigenvalue weighted by Crippen LogP contribution is 2.31. The van der Waals surface area contributed by atoms with Crippen LogP contribution in [0.25, 0.3) is 0 Å². The minimum Gasteiger partial charge on any atom is -0.326 e. The second-order valence-electron chi connectivity index (χ2n) is 4.54. The Kier molecular flexibility index (Phi) is 3.44. The predicted octanol–water partition coefficient (Wildman–Crippen LogP) is 2.23. The number of nitrogens with zero attached hydrogens (tertiary/aromatic N) is 1. The maximum absolute atomic E-state index is 11.2. The molecule has 1 aromatic rings. The van der Waals surface area contributed by atoms with E-state index >= 15 is 0 Å². The highest BCUT2D eigenvalue weighted by atomic mass is 16.1. The van der Waals surface area contributed by atoms with Crippen LogP contribution in [0.3, 0.4) is 0 Å². The standard InChI is InChI=1S/C13H20N2O/c1-3-15-9-5-4-6-12(15)11-7-8-13(16)14-10(11)2/h7-8,12H,3-6,9H2,1-2H3,(H,14,16). The molecular weight excluding hydrogens is 200 g/mol. The molecule has 0 saturated carbocycles. The number of rotatable bonds is 2. The Morgan fingerprint density at radius 2 is 2.25 bits per heavy atom. The van der Waals surface area contributed by atoms with Crippen LogP contribution in [0.4, 0.5) is 0 Å². The number of aromatic nitrogens is 1. The zero-order valence-corrected chi connectivity index (χ0v) is 10.1. The molecule has 1 saturated heterocycles. The summed E-state index contributed by atoms with van der Waals surface area (Å²) in [6, 6.07) is 4.13. The van der Waals surface area contributed by atoms with E-state index in [2.05, 4.69) is 16.8 Å². The fraction of sp³-hybridized carbons (Fsp3) is 0.615. The summed E-state index contributed by atoms with van der Waals surface area (Å²) in [7, 11) is 0. The molecule has 0 radical (unpaired) electrons. The lowest BCUT2D eigenvalue weighted by Crippen LogP contribution is -2.34. The summed E-state index contributed by atoms with van der Waals surface area (Å²) in [5, 5.41) is 0. The van der Waals surface area contributed by atoms with Crippen LogP contribution in [-0.2, 0) is 0 Å². The van der Waals surface area contributed by atoms with E-state index in [1.165, 1.54) is 31.4 Å². The van der Waals surface area contributed by atoms with Crippen molar-refractivity contribution in [3.63, 3.8) is 0 Å². The Labute approximate surface area is 96.5 Å². The molecule has 2 heterocycles. The molecule has 1 aromatic heterocycles. The molecular formula is C13H20N2O. The number of hydrogen-bond acceptors (Lipinski definition) is 2. The van der Waals surface area contributed by atoms with Crippen LogP contribution in [0.2, 0.25) is 0 Å². The molecule has 88 valence electrons. The van der Waals surface area contributed by atoms with Crippen molar-refractivity contribution < 1.29 is 0 Å². The summed E-state index contributed by atoms with van der Waals surface area (Å²) in [5.41, 5.74) is 2.32. The molecule has 1 unspecified atom stereocenters. The Balaban J connectivity index is 2.30. The Morgan fingerprint density at radius 3 is 2.94 bits per heavy atom. The third-order valence-electron chi connectivity index (χ3n) is 3.54. The van der Waals surface area contributed by atoms with Gasteiger partial charge in [0.1, 0.15) is 0 Å². The van der Waals surface area contributed by atoms with Crippen molar-refractivity contribution in [2.24, 2.45) is 0 Å². The van der Waals surface area contributed by atoms with E-state index in [1.807, 2.05) is 13.0 Å². The van der Waals surface area contributed by atoms with Crippen LogP contribution in [0.5, 0.6) is 0 Å². The number of likely N-dealkylation sites (tertiary alicyclic amines) is 1. The SMILES string of the molecule is CCN1CCCCC1c1ccc(=O)[nH]c1C. The molecule has 3 heteroatoms. The molecule has 0 amide bonds. The van der Waals surface area contributed by atoms with Crippen LogP contribution in [-0.4, -0.2) is 23.0 Å². The van der Waals surface area contributed by atoms with Gasteiger partial charge in [0.05, 0.1) is 0 Å². The topological polar surface area (TPSA) is 36.1 Å². The molecule has 0 bridgehead atoms. The summed E-state index contributed by atoms with van der Waals surface area (Å²) in [6.45, 7) is 6.47. The van der Waals surface area contributed by atoms with Crippen LogP contribution >= 0.6 is 0 Å². The highest BCUT2D eigenvalue weighted by molar-refractivity contribution is 5.23. The van der Waals surface area contributed by atoms with Crippen LogP contribution in [0.1, 0.15) is 43.5 Å². The summed E-state index contributed by atoms with van der Waals surface area (Å²) in [4.78, 5) is 16.6. The minimum atomic E-state index is 0.0000999. The first-order chi connectivity index (χ1) is 7.72.